The van der Waals surface area contributed by atoms with E-state index in [1.807, 2.05) is 24.3 Å². The third-order valence-electron chi connectivity index (χ3n) is 11.9. The predicted octanol–water partition coefficient (Wildman–Crippen LogP) is 16.0. The van der Waals surface area contributed by atoms with Gasteiger partial charge in [-0.1, -0.05) is 0 Å². The van der Waals surface area contributed by atoms with Crippen molar-refractivity contribution in [2.24, 2.45) is 11.8 Å². The molecule has 2 atom stereocenters. The number of benzene rings is 4. The van der Waals surface area contributed by atoms with Gasteiger partial charge in [-0.3, -0.25) is 0 Å². The van der Waals surface area contributed by atoms with Crippen molar-refractivity contribution < 1.29 is 42.5 Å². The molecule has 0 saturated carbocycles. The van der Waals surface area contributed by atoms with Gasteiger partial charge in [0.2, 0.25) is 0 Å². The van der Waals surface area contributed by atoms with Crippen LogP contribution in [-0.4, -0.2) is 25.6 Å². The Morgan fingerprint density at radius 1 is 0.559 bits per heavy atom. The first-order valence-corrected chi connectivity index (χ1v) is 38.3. The predicted molar refractivity (Wildman–Crippen MR) is 241 cm³/mol. The van der Waals surface area contributed by atoms with Crippen molar-refractivity contribution in [1.29, 1.82) is 0 Å². The van der Waals surface area contributed by atoms with Gasteiger partial charge < -0.3 is 0 Å². The van der Waals surface area contributed by atoms with Crippen LogP contribution in [0.3, 0.4) is 0 Å². The maximum absolute atomic E-state index is 14.7. The maximum atomic E-state index is 14.7. The van der Waals surface area contributed by atoms with E-state index in [-0.39, 0.29) is 23.0 Å². The van der Waals surface area contributed by atoms with Crippen LogP contribution in [0.4, 0.5) is 26.3 Å². The fourth-order valence-corrected chi connectivity index (χ4v) is 52.3. The number of alkyl halides is 6. The number of allylic oxidation sites excluding steroid dienone is 2. The molecule has 0 fully saturated rings. The van der Waals surface area contributed by atoms with Gasteiger partial charge in [0.1, 0.15) is 0 Å². The van der Waals surface area contributed by atoms with Crippen molar-refractivity contribution in [2.75, 3.05) is 0 Å². The molecule has 0 spiro atoms. The van der Waals surface area contributed by atoms with Crippen molar-refractivity contribution in [1.82, 2.24) is 4.14 Å². The molecule has 2 aliphatic carbocycles. The molecule has 315 valence electrons. The second-order valence-corrected chi connectivity index (χ2v) is 51.7. The summed E-state index contributed by atoms with van der Waals surface area (Å²) in [6.45, 7) is 22.4. The molecular weight excluding hydrogens is 910 g/mol. The number of halogens is 8. The number of hydrogen-bond acceptors (Lipinski definition) is 1. The first-order chi connectivity index (χ1) is 27.1. The summed E-state index contributed by atoms with van der Waals surface area (Å²) >= 11 is -5.86. The Morgan fingerprint density at radius 2 is 0.898 bits per heavy atom. The van der Waals surface area contributed by atoms with Gasteiger partial charge in [-0.05, 0) is 0 Å². The van der Waals surface area contributed by atoms with Crippen LogP contribution < -0.4 is 0 Å². The quantitative estimate of drug-likeness (QED) is 0.101. The van der Waals surface area contributed by atoms with E-state index >= 15 is 0 Å². The molecule has 0 bridgehead atoms. The molecular formula is C46H55BCl2F6NSi2Zr. The summed E-state index contributed by atoms with van der Waals surface area (Å²) in [7, 11) is 13.6. The molecule has 1 nitrogen and oxygen atoms in total. The summed E-state index contributed by atoms with van der Waals surface area (Å²) in [5.74, 6) is 0.349. The molecule has 59 heavy (non-hydrogen) atoms. The van der Waals surface area contributed by atoms with Gasteiger partial charge in [-0.15, -0.1) is 0 Å². The Kier molecular flexibility index (Phi) is 12.7. The van der Waals surface area contributed by atoms with E-state index in [0.717, 1.165) is 34.4 Å². The molecule has 4 aromatic carbocycles. The van der Waals surface area contributed by atoms with Crippen molar-refractivity contribution in [3.8, 4) is 22.3 Å². The molecule has 4 aromatic rings. The molecule has 0 aliphatic heterocycles. The number of fused-ring (bicyclic) bond motifs is 2. The van der Waals surface area contributed by atoms with Crippen molar-refractivity contribution >= 4 is 50.6 Å². The van der Waals surface area contributed by atoms with E-state index in [9.17, 15) is 26.3 Å². The molecule has 0 radical (unpaired) electrons. The summed E-state index contributed by atoms with van der Waals surface area (Å²) in [6.07, 6.45) is -3.74. The monoisotopic (exact) mass is 962 g/mol. The Labute approximate surface area is 357 Å². The van der Waals surface area contributed by atoms with Crippen LogP contribution in [-0.2, 0) is 28.5 Å². The molecule has 0 heterocycles. The molecule has 0 amide bonds. The molecule has 0 saturated heterocycles. The van der Waals surface area contributed by atoms with Gasteiger partial charge in [0, 0.05) is 0 Å². The third-order valence-corrected chi connectivity index (χ3v) is 39.0. The number of hydrogen-bond donors (Lipinski definition) is 0. The number of rotatable bonds is 12. The van der Waals surface area contributed by atoms with Crippen LogP contribution in [0, 0.1) is 11.8 Å². The summed E-state index contributed by atoms with van der Waals surface area (Å²) in [4.78, 5) is 0.446. The Hall–Kier alpha value is -2.14. The van der Waals surface area contributed by atoms with Crippen LogP contribution >= 0.6 is 17.0 Å². The zero-order valence-electron chi connectivity index (χ0n) is 35.6. The van der Waals surface area contributed by atoms with E-state index < -0.39 is 63.4 Å². The summed E-state index contributed by atoms with van der Waals surface area (Å²) < 4.78 is 89.6. The molecule has 0 aromatic heterocycles. The topological polar surface area (TPSA) is 3.24 Å². The SMILES string of the molecule is CC(C)CC1=Cc2c(-c3ccccc3C(F)(F)F)cccc2[CH]1[Zr]([Cl])([Cl])([BH]N([Si](C)(C)C)[Si](C)(C)C)[CH]1C(CC(C)C)=Cc2c(-c3ccccc3C(F)(F)F)cccc21. The van der Waals surface area contributed by atoms with Crippen LogP contribution in [0.25, 0.3) is 34.4 Å². The molecule has 2 unspecified atom stereocenters. The number of nitrogens with zero attached hydrogens (tertiary/aromatic N) is 1. The zero-order chi connectivity index (χ0) is 43.7. The van der Waals surface area contributed by atoms with E-state index in [1.54, 1.807) is 24.3 Å². The van der Waals surface area contributed by atoms with E-state index in [0.29, 0.717) is 40.0 Å². The van der Waals surface area contributed by atoms with E-state index in [1.165, 1.54) is 24.3 Å². The zero-order valence-corrected chi connectivity index (χ0v) is 41.6. The minimum atomic E-state index is -5.86. The van der Waals surface area contributed by atoms with E-state index in [4.69, 9.17) is 17.0 Å². The van der Waals surface area contributed by atoms with Gasteiger partial charge in [0.05, 0.1) is 0 Å². The van der Waals surface area contributed by atoms with Gasteiger partial charge in [-0.2, -0.15) is 0 Å². The van der Waals surface area contributed by atoms with Crippen LogP contribution in [0.2, 0.25) is 39.3 Å². The van der Waals surface area contributed by atoms with Crippen LogP contribution in [0.15, 0.2) is 96.1 Å². The molecule has 13 heteroatoms. The average Bonchev–Trinajstić information content (AvgIpc) is 3.67. The van der Waals surface area contributed by atoms with Crippen molar-refractivity contribution in [3.05, 3.63) is 129 Å². The minimum absolute atomic E-state index is 0.0991. The Balaban J connectivity index is 1.73. The first kappa shape index (κ1) is 46.4. The van der Waals surface area contributed by atoms with Gasteiger partial charge >= 0.3 is 360 Å². The third kappa shape index (κ3) is 9.04. The summed E-state index contributed by atoms with van der Waals surface area (Å²) in [5.41, 5.74) is 4.87. The second-order valence-electron chi connectivity index (χ2n) is 19.5. The Bertz CT molecular complexity index is 2150. The average molecular weight is 965 g/mol. The Morgan fingerprint density at radius 3 is 1.22 bits per heavy atom. The molecule has 2 aliphatic rings. The normalized spacial score (nSPS) is 18.2. The van der Waals surface area contributed by atoms with Gasteiger partial charge in [0.15, 0.2) is 0 Å². The van der Waals surface area contributed by atoms with Crippen LogP contribution in [0.5, 0.6) is 0 Å². The van der Waals surface area contributed by atoms with Crippen molar-refractivity contribution in [2.45, 2.75) is 99.4 Å². The van der Waals surface area contributed by atoms with Crippen LogP contribution in [0.1, 0.15) is 81.2 Å². The van der Waals surface area contributed by atoms with Gasteiger partial charge in [-0.25, -0.2) is 0 Å². The first-order valence-electron chi connectivity index (χ1n) is 20.5. The second kappa shape index (κ2) is 16.2. The van der Waals surface area contributed by atoms with Gasteiger partial charge in [0.25, 0.3) is 0 Å². The summed E-state index contributed by atoms with van der Waals surface area (Å²) in [6, 6.07) is 22.6. The standard InChI is InChI=1S/2C20H18F3.C6H19BNSi2.2ClH.Zr/c2*1-13(2)10-14-11-15-6-5-8-16(18(15)12-14)17-7-3-4-9-19(17)20(21,22)23;1-9(2,3)8(7)10(4,5)6;;;/h2*3-9,11-13H,10H2,1-2H3;7H,1-6H3;2*1H;/q;;+1;;;+1/p-2. The van der Waals surface area contributed by atoms with Crippen molar-refractivity contribution in [3.63, 3.8) is 0 Å². The fourth-order valence-electron chi connectivity index (χ4n) is 10.1. The summed E-state index contributed by atoms with van der Waals surface area (Å²) in [5, 5.41) is 0. The molecule has 6 rings (SSSR count). The molecule has 0 N–H and O–H groups in total. The fraction of sp³-hybridized carbons (Fsp3) is 0.391. The van der Waals surface area contributed by atoms with E-state index in [2.05, 4.69) is 83.3 Å².